The molecule has 2 aromatic carbocycles. The SMILES string of the molecule is [CH]c1cc2ccccc2c(-c2[c-]cccc2)n1.[Ir]. The van der Waals surface area contributed by atoms with Gasteiger partial charge < -0.3 is 4.98 Å². The van der Waals surface area contributed by atoms with E-state index in [2.05, 4.69) is 17.1 Å². The van der Waals surface area contributed by atoms with Crippen molar-refractivity contribution in [3.05, 3.63) is 73.3 Å². The molecule has 89 valence electrons. The zero-order valence-corrected chi connectivity index (χ0v) is 11.9. The van der Waals surface area contributed by atoms with Gasteiger partial charge in [0.05, 0.1) is 0 Å². The van der Waals surface area contributed by atoms with Crippen LogP contribution in [0.1, 0.15) is 5.69 Å². The standard InChI is InChI=1S/C16H10N.Ir/c1-12-11-14-9-5-6-10-15(14)16(17-12)13-7-3-2-4-8-13;/h1-7,9-11H;/q-1;. The van der Waals surface area contributed by atoms with E-state index in [4.69, 9.17) is 6.92 Å². The van der Waals surface area contributed by atoms with E-state index in [1.165, 1.54) is 0 Å². The summed E-state index contributed by atoms with van der Waals surface area (Å²) in [6.45, 7) is 5.84. The third kappa shape index (κ3) is 2.35. The van der Waals surface area contributed by atoms with Crippen molar-refractivity contribution in [1.82, 2.24) is 4.98 Å². The molecule has 0 bridgehead atoms. The third-order valence-corrected chi connectivity index (χ3v) is 2.72. The van der Waals surface area contributed by atoms with E-state index in [0.717, 1.165) is 22.0 Å². The molecule has 0 saturated carbocycles. The molecule has 0 spiro atoms. The summed E-state index contributed by atoms with van der Waals surface area (Å²) in [5.74, 6) is 0. The molecular formula is C16H10IrN-. The number of rotatable bonds is 1. The van der Waals surface area contributed by atoms with Gasteiger partial charge in [0.25, 0.3) is 0 Å². The molecule has 3 radical (unpaired) electrons. The fraction of sp³-hybridized carbons (Fsp3) is 0. The van der Waals surface area contributed by atoms with Crippen LogP contribution in [0.5, 0.6) is 0 Å². The molecule has 0 amide bonds. The van der Waals surface area contributed by atoms with Crippen molar-refractivity contribution in [3.63, 3.8) is 0 Å². The Balaban J connectivity index is 0.00000120. The second-order valence-corrected chi connectivity index (χ2v) is 3.89. The van der Waals surface area contributed by atoms with Crippen LogP contribution in [0, 0.1) is 13.0 Å². The minimum absolute atomic E-state index is 0. The van der Waals surface area contributed by atoms with E-state index in [9.17, 15) is 0 Å². The quantitative estimate of drug-likeness (QED) is 0.559. The number of hydrogen-bond donors (Lipinski definition) is 0. The van der Waals surface area contributed by atoms with E-state index >= 15 is 0 Å². The van der Waals surface area contributed by atoms with Crippen LogP contribution in [0.3, 0.4) is 0 Å². The fourth-order valence-corrected chi connectivity index (χ4v) is 1.97. The van der Waals surface area contributed by atoms with Crippen LogP contribution < -0.4 is 0 Å². The first-order chi connectivity index (χ1) is 8.34. The summed E-state index contributed by atoms with van der Waals surface area (Å²) < 4.78 is 0. The average molecular weight is 408 g/mol. The molecule has 0 aliphatic heterocycles. The second kappa shape index (κ2) is 5.43. The minimum atomic E-state index is 0. The molecule has 0 N–H and O–H groups in total. The molecule has 3 aromatic rings. The van der Waals surface area contributed by atoms with Crippen LogP contribution in [0.25, 0.3) is 22.0 Å². The van der Waals surface area contributed by atoms with Crippen LogP contribution >= 0.6 is 0 Å². The van der Waals surface area contributed by atoms with Gasteiger partial charge in [0.15, 0.2) is 0 Å². The Morgan fingerprint density at radius 1 is 1.00 bits per heavy atom. The van der Waals surface area contributed by atoms with Gasteiger partial charge in [-0.05, 0) is 22.5 Å². The third-order valence-electron chi connectivity index (χ3n) is 2.72. The Hall–Kier alpha value is -1.50. The first kappa shape index (κ1) is 12.9. The summed E-state index contributed by atoms with van der Waals surface area (Å²) >= 11 is 0. The normalized spacial score (nSPS) is 10.1. The van der Waals surface area contributed by atoms with Crippen LogP contribution in [0.2, 0.25) is 0 Å². The largest absolute Gasteiger partial charge is 0.300 e. The van der Waals surface area contributed by atoms with Gasteiger partial charge in [-0.25, -0.2) is 0 Å². The van der Waals surface area contributed by atoms with E-state index in [1.54, 1.807) is 0 Å². The van der Waals surface area contributed by atoms with Gasteiger partial charge in [-0.2, -0.15) is 0 Å². The van der Waals surface area contributed by atoms with Crippen molar-refractivity contribution in [2.75, 3.05) is 0 Å². The van der Waals surface area contributed by atoms with Crippen LogP contribution in [-0.2, 0) is 20.1 Å². The topological polar surface area (TPSA) is 12.9 Å². The number of aromatic nitrogens is 1. The molecule has 0 fully saturated rings. The molecule has 3 rings (SSSR count). The van der Waals surface area contributed by atoms with Crippen molar-refractivity contribution in [1.29, 1.82) is 0 Å². The van der Waals surface area contributed by atoms with Gasteiger partial charge in [0.1, 0.15) is 0 Å². The molecule has 0 saturated heterocycles. The van der Waals surface area contributed by atoms with Crippen LogP contribution in [0.4, 0.5) is 0 Å². The smallest absolute Gasteiger partial charge is 0.0348 e. The molecule has 0 aliphatic carbocycles. The predicted octanol–water partition coefficient (Wildman–Crippen LogP) is 3.76. The number of hydrogen-bond acceptors (Lipinski definition) is 1. The first-order valence-corrected chi connectivity index (χ1v) is 5.47. The van der Waals surface area contributed by atoms with Crippen molar-refractivity contribution in [2.45, 2.75) is 0 Å². The summed E-state index contributed by atoms with van der Waals surface area (Å²) in [5.41, 5.74) is 2.40. The minimum Gasteiger partial charge on any atom is -0.300 e. The Bertz CT molecular complexity index is 662. The van der Waals surface area contributed by atoms with E-state index in [1.807, 2.05) is 48.5 Å². The molecule has 2 heteroatoms. The maximum Gasteiger partial charge on any atom is 0.0348 e. The van der Waals surface area contributed by atoms with Crippen molar-refractivity contribution in [3.8, 4) is 11.3 Å². The van der Waals surface area contributed by atoms with Gasteiger partial charge in [-0.15, -0.1) is 35.9 Å². The van der Waals surface area contributed by atoms with Gasteiger partial charge in [-0.1, -0.05) is 24.3 Å². The summed E-state index contributed by atoms with van der Waals surface area (Å²) in [5, 5.41) is 2.21. The zero-order chi connectivity index (χ0) is 11.7. The number of benzene rings is 2. The fourth-order valence-electron chi connectivity index (χ4n) is 1.97. The Morgan fingerprint density at radius 2 is 1.78 bits per heavy atom. The Morgan fingerprint density at radius 3 is 2.56 bits per heavy atom. The number of fused-ring (bicyclic) bond motifs is 1. The summed E-state index contributed by atoms with van der Waals surface area (Å²) in [4.78, 5) is 4.42. The molecule has 1 aromatic heterocycles. The molecule has 0 atom stereocenters. The molecule has 1 nitrogen and oxygen atoms in total. The van der Waals surface area contributed by atoms with E-state index in [-0.39, 0.29) is 20.1 Å². The van der Waals surface area contributed by atoms with Gasteiger partial charge in [0.2, 0.25) is 0 Å². The average Bonchev–Trinajstić information content (AvgIpc) is 2.39. The molecule has 0 unspecified atom stereocenters. The molecular weight excluding hydrogens is 398 g/mol. The summed E-state index contributed by atoms with van der Waals surface area (Å²) in [6, 6.07) is 21.0. The maximum atomic E-state index is 5.84. The van der Waals surface area contributed by atoms with Gasteiger partial charge in [-0.3, -0.25) is 0 Å². The number of pyridine rings is 1. The Labute approximate surface area is 120 Å². The van der Waals surface area contributed by atoms with Gasteiger partial charge >= 0.3 is 0 Å². The first-order valence-electron chi connectivity index (χ1n) is 5.47. The second-order valence-electron chi connectivity index (χ2n) is 3.89. The van der Waals surface area contributed by atoms with E-state index < -0.39 is 0 Å². The monoisotopic (exact) mass is 409 g/mol. The number of nitrogens with zero attached hydrogens (tertiary/aromatic N) is 1. The summed E-state index contributed by atoms with van der Waals surface area (Å²) in [6.07, 6.45) is 0. The van der Waals surface area contributed by atoms with Gasteiger partial charge in [0, 0.05) is 32.7 Å². The predicted molar refractivity (Wildman–Crippen MR) is 69.4 cm³/mol. The maximum absolute atomic E-state index is 5.84. The van der Waals surface area contributed by atoms with Crippen LogP contribution in [0.15, 0.2) is 54.6 Å². The van der Waals surface area contributed by atoms with Crippen molar-refractivity contribution >= 4 is 10.8 Å². The molecule has 1 heterocycles. The molecule has 0 aliphatic rings. The van der Waals surface area contributed by atoms with Crippen molar-refractivity contribution in [2.24, 2.45) is 0 Å². The Kier molecular flexibility index (Phi) is 3.90. The van der Waals surface area contributed by atoms with E-state index in [0.29, 0.717) is 5.69 Å². The van der Waals surface area contributed by atoms with Crippen LogP contribution in [-0.4, -0.2) is 4.98 Å². The molecule has 18 heavy (non-hydrogen) atoms. The summed E-state index contributed by atoms with van der Waals surface area (Å²) in [7, 11) is 0. The zero-order valence-electron chi connectivity index (χ0n) is 9.55. The van der Waals surface area contributed by atoms with Crippen molar-refractivity contribution < 1.29 is 20.1 Å².